The van der Waals surface area contributed by atoms with Crippen LogP contribution in [-0.2, 0) is 10.0 Å². The fourth-order valence-corrected chi connectivity index (χ4v) is 6.16. The number of carbonyl (C=O) groups is 2. The van der Waals surface area contributed by atoms with Crippen LogP contribution in [0.2, 0.25) is 10.0 Å². The Kier molecular flexibility index (Phi) is 8.47. The molecule has 2 amide bonds. The third-order valence-corrected chi connectivity index (χ3v) is 8.55. The zero-order valence-corrected chi connectivity index (χ0v) is 23.4. The second kappa shape index (κ2) is 11.6. The number of nitrogens with zero attached hydrogens (tertiary/aromatic N) is 4. The number of piperazine rings is 1. The quantitative estimate of drug-likeness (QED) is 0.356. The fourth-order valence-electron chi connectivity index (χ4n) is 4.09. The van der Waals surface area contributed by atoms with E-state index >= 15 is 0 Å². The topological polar surface area (TPSA) is 111 Å². The van der Waals surface area contributed by atoms with Gasteiger partial charge >= 0.3 is 6.03 Å². The van der Waals surface area contributed by atoms with E-state index in [2.05, 4.69) is 0 Å². The molecule has 4 rings (SSSR count). The average molecular weight is 587 g/mol. The van der Waals surface area contributed by atoms with Crippen LogP contribution < -0.4 is 9.64 Å². The van der Waals surface area contributed by atoms with Crippen molar-refractivity contribution in [1.29, 1.82) is 5.26 Å². The predicted molar refractivity (Wildman–Crippen MR) is 148 cm³/mol. The van der Waals surface area contributed by atoms with E-state index in [1.54, 1.807) is 36.2 Å². The maximum Gasteiger partial charge on any atom is 0.324 e. The molecule has 39 heavy (non-hydrogen) atoms. The predicted octanol–water partition coefficient (Wildman–Crippen LogP) is 5.42. The number of benzene rings is 3. The van der Waals surface area contributed by atoms with Gasteiger partial charge < -0.3 is 9.64 Å². The van der Waals surface area contributed by atoms with Gasteiger partial charge in [-0.25, -0.2) is 13.2 Å². The zero-order chi connectivity index (χ0) is 28.3. The second-order valence-corrected chi connectivity index (χ2v) is 11.6. The van der Waals surface area contributed by atoms with Crippen molar-refractivity contribution in [3.05, 3.63) is 81.8 Å². The molecule has 0 spiro atoms. The minimum Gasteiger partial charge on any atom is -0.456 e. The number of anilines is 1. The number of ether oxygens (including phenoxy) is 1. The van der Waals surface area contributed by atoms with Gasteiger partial charge in [-0.1, -0.05) is 35.3 Å². The Balaban J connectivity index is 1.53. The molecule has 1 heterocycles. The van der Waals surface area contributed by atoms with Crippen molar-refractivity contribution in [3.8, 4) is 17.6 Å². The highest BCUT2D eigenvalue weighted by Gasteiger charge is 2.33. The summed E-state index contributed by atoms with van der Waals surface area (Å²) >= 11 is 12.1. The first-order valence-electron chi connectivity index (χ1n) is 11.8. The highest BCUT2D eigenvalue weighted by molar-refractivity contribution is 7.89. The summed E-state index contributed by atoms with van der Waals surface area (Å²) in [5, 5.41) is 10.0. The minimum atomic E-state index is -4.10. The van der Waals surface area contributed by atoms with E-state index in [1.165, 1.54) is 52.5 Å². The molecule has 0 atom stereocenters. The summed E-state index contributed by atoms with van der Waals surface area (Å²) in [7, 11) is -2.50. The van der Waals surface area contributed by atoms with E-state index in [-0.39, 0.29) is 60.0 Å². The molecule has 1 fully saturated rings. The van der Waals surface area contributed by atoms with E-state index in [0.717, 1.165) is 0 Å². The molecule has 0 bridgehead atoms. The van der Waals surface area contributed by atoms with Gasteiger partial charge in [0.05, 0.1) is 11.6 Å². The fraction of sp³-hybridized carbons (Fsp3) is 0.222. The highest BCUT2D eigenvalue weighted by Crippen LogP contribution is 2.34. The number of hydrogen-bond donors (Lipinski definition) is 0. The normalized spacial score (nSPS) is 14.0. The summed E-state index contributed by atoms with van der Waals surface area (Å²) in [5.41, 5.74) is 1.19. The molecule has 0 radical (unpaired) electrons. The third-order valence-electron chi connectivity index (χ3n) is 6.19. The summed E-state index contributed by atoms with van der Waals surface area (Å²) in [6.45, 7) is 1.82. The van der Waals surface area contributed by atoms with Gasteiger partial charge in [-0.15, -0.1) is 0 Å². The molecule has 0 aliphatic carbocycles. The number of sulfonamides is 1. The van der Waals surface area contributed by atoms with Crippen LogP contribution in [0.25, 0.3) is 0 Å². The molecule has 0 aromatic heterocycles. The molecule has 0 N–H and O–H groups in total. The Morgan fingerprint density at radius 3 is 2.26 bits per heavy atom. The number of Topliss-reactive ketones (excluding diaryl/α,β-unsaturated/α-hetero) is 1. The first kappa shape index (κ1) is 28.4. The van der Waals surface area contributed by atoms with E-state index < -0.39 is 10.0 Å². The number of halogens is 2. The van der Waals surface area contributed by atoms with Gasteiger partial charge in [0.1, 0.15) is 16.4 Å². The average Bonchev–Trinajstić information content (AvgIpc) is 2.92. The van der Waals surface area contributed by atoms with Crippen LogP contribution in [0.5, 0.6) is 11.5 Å². The van der Waals surface area contributed by atoms with Crippen molar-refractivity contribution < 1.29 is 22.7 Å². The van der Waals surface area contributed by atoms with Crippen LogP contribution in [0.4, 0.5) is 10.5 Å². The number of hydrogen-bond acceptors (Lipinski definition) is 6. The number of carbonyl (C=O) groups excluding carboxylic acids is 2. The van der Waals surface area contributed by atoms with Crippen LogP contribution in [0.15, 0.2) is 65.6 Å². The van der Waals surface area contributed by atoms with Gasteiger partial charge in [-0.05, 0) is 55.5 Å². The molecule has 1 aliphatic heterocycles. The molecule has 3 aromatic rings. The molecule has 3 aromatic carbocycles. The molecule has 9 nitrogen and oxygen atoms in total. The standard InChI is InChI=1S/C27H24Cl2N4O5S/c1-18(34)20-4-3-5-23(13-20)31(2)27(35)32-8-10-33(11-9-32)39(36,37)26-12-19(17-30)6-7-25(26)38-24-15-21(28)14-22(29)16-24/h3-7,12-16H,8-11H2,1-2H3. The highest BCUT2D eigenvalue weighted by atomic mass is 35.5. The van der Waals surface area contributed by atoms with Crippen molar-refractivity contribution in [2.45, 2.75) is 11.8 Å². The van der Waals surface area contributed by atoms with Crippen molar-refractivity contribution in [3.63, 3.8) is 0 Å². The van der Waals surface area contributed by atoms with Crippen LogP contribution >= 0.6 is 23.2 Å². The SMILES string of the molecule is CC(=O)c1cccc(N(C)C(=O)N2CCN(S(=O)(=O)c3cc(C#N)ccc3Oc3cc(Cl)cc(Cl)c3)CC2)c1. The Labute approximate surface area is 236 Å². The monoisotopic (exact) mass is 586 g/mol. The molecule has 1 saturated heterocycles. The van der Waals surface area contributed by atoms with E-state index in [0.29, 0.717) is 21.3 Å². The minimum absolute atomic E-state index is 0.0101. The van der Waals surface area contributed by atoms with Crippen molar-refractivity contribution in [1.82, 2.24) is 9.21 Å². The molecule has 0 saturated carbocycles. The molecule has 0 unspecified atom stereocenters. The second-order valence-electron chi connectivity index (χ2n) is 8.82. The summed E-state index contributed by atoms with van der Waals surface area (Å²) in [4.78, 5) is 27.6. The number of nitriles is 1. The van der Waals surface area contributed by atoms with E-state index in [1.807, 2.05) is 6.07 Å². The summed E-state index contributed by atoms with van der Waals surface area (Å²) in [6, 6.07) is 17.0. The van der Waals surface area contributed by atoms with Crippen LogP contribution in [0, 0.1) is 11.3 Å². The first-order chi connectivity index (χ1) is 18.5. The largest absolute Gasteiger partial charge is 0.456 e. The third kappa shape index (κ3) is 6.34. The Bertz CT molecular complexity index is 1560. The number of amides is 2. The van der Waals surface area contributed by atoms with Gasteiger partial charge in [0.25, 0.3) is 0 Å². The summed E-state index contributed by atoms with van der Waals surface area (Å²) < 4.78 is 34.4. The van der Waals surface area contributed by atoms with Crippen LogP contribution in [0.1, 0.15) is 22.8 Å². The van der Waals surface area contributed by atoms with Gasteiger partial charge in [0, 0.05) is 54.5 Å². The van der Waals surface area contributed by atoms with E-state index in [9.17, 15) is 23.3 Å². The van der Waals surface area contributed by atoms with Gasteiger partial charge in [-0.3, -0.25) is 9.69 Å². The van der Waals surface area contributed by atoms with Crippen LogP contribution in [-0.4, -0.2) is 62.7 Å². The number of urea groups is 1. The lowest BCUT2D eigenvalue weighted by Gasteiger charge is -2.36. The summed E-state index contributed by atoms with van der Waals surface area (Å²) in [5.74, 6) is 0.135. The lowest BCUT2D eigenvalue weighted by molar-refractivity contribution is 0.101. The molecular formula is C27H24Cl2N4O5S. The van der Waals surface area contributed by atoms with Gasteiger partial charge in [0.2, 0.25) is 10.0 Å². The lowest BCUT2D eigenvalue weighted by Crippen LogP contribution is -2.53. The maximum absolute atomic E-state index is 13.7. The van der Waals surface area contributed by atoms with Crippen molar-refractivity contribution in [2.24, 2.45) is 0 Å². The first-order valence-corrected chi connectivity index (χ1v) is 14.0. The maximum atomic E-state index is 13.7. The molecule has 202 valence electrons. The number of rotatable bonds is 6. The zero-order valence-electron chi connectivity index (χ0n) is 21.1. The van der Waals surface area contributed by atoms with Crippen molar-refractivity contribution >= 4 is 50.7 Å². The molecule has 12 heteroatoms. The van der Waals surface area contributed by atoms with Crippen molar-refractivity contribution in [2.75, 3.05) is 38.1 Å². The number of ketones is 1. The Morgan fingerprint density at radius 1 is 0.974 bits per heavy atom. The van der Waals surface area contributed by atoms with Gasteiger partial charge in [-0.2, -0.15) is 9.57 Å². The van der Waals surface area contributed by atoms with Gasteiger partial charge in [0.15, 0.2) is 5.78 Å². The lowest BCUT2D eigenvalue weighted by atomic mass is 10.1. The van der Waals surface area contributed by atoms with E-state index in [4.69, 9.17) is 27.9 Å². The smallest absolute Gasteiger partial charge is 0.324 e. The molecule has 1 aliphatic rings. The Hall–Kier alpha value is -3.62. The summed E-state index contributed by atoms with van der Waals surface area (Å²) in [6.07, 6.45) is 0. The Morgan fingerprint density at radius 2 is 1.64 bits per heavy atom. The van der Waals surface area contributed by atoms with Crippen LogP contribution in [0.3, 0.4) is 0 Å². The molecular weight excluding hydrogens is 563 g/mol.